The molecule has 0 saturated carbocycles. The van der Waals surface area contributed by atoms with Crippen LogP contribution in [0.1, 0.15) is 19.3 Å². The van der Waals surface area contributed by atoms with E-state index in [-0.39, 0.29) is 0 Å². The molecule has 4 nitrogen and oxygen atoms in total. The number of nitrogens with one attached hydrogen (secondary N) is 1. The molecule has 2 rings (SSSR count). The molecule has 4 heteroatoms. The van der Waals surface area contributed by atoms with E-state index in [0.29, 0.717) is 0 Å². The van der Waals surface area contributed by atoms with Crippen molar-refractivity contribution in [1.82, 2.24) is 10.2 Å². The first kappa shape index (κ1) is 9.77. The minimum Gasteiger partial charge on any atom is -0.354 e. The summed E-state index contributed by atoms with van der Waals surface area (Å²) in [4.78, 5) is 6.84. The molecule has 14 heavy (non-hydrogen) atoms. The number of aliphatic imine (C=N–C) groups is 1. The maximum absolute atomic E-state index is 5.59. The summed E-state index contributed by atoms with van der Waals surface area (Å²) in [6.07, 6.45) is 3.77. The van der Waals surface area contributed by atoms with Crippen molar-refractivity contribution in [2.24, 2.45) is 16.6 Å². The molecule has 0 aromatic rings. The Bertz CT molecular complexity index is 212. The summed E-state index contributed by atoms with van der Waals surface area (Å²) in [7, 11) is 0. The minimum atomic E-state index is 0.777. The molecular formula is C10H20N4. The molecule has 0 aromatic carbocycles. The Morgan fingerprint density at radius 1 is 1.57 bits per heavy atom. The average molecular weight is 196 g/mol. The van der Waals surface area contributed by atoms with Crippen LogP contribution in [0.2, 0.25) is 0 Å². The topological polar surface area (TPSA) is 53.6 Å². The average Bonchev–Trinajstić information content (AvgIpc) is 2.71. The number of likely N-dealkylation sites (tertiary alicyclic amines) is 1. The molecule has 1 atom stereocenters. The van der Waals surface area contributed by atoms with Crippen LogP contribution in [-0.4, -0.2) is 43.6 Å². The lowest BCUT2D eigenvalue weighted by atomic mass is 9.95. The number of hydrogen-bond donors (Lipinski definition) is 2. The number of hydrogen-bond acceptors (Lipinski definition) is 4. The van der Waals surface area contributed by atoms with E-state index >= 15 is 0 Å². The molecular weight excluding hydrogens is 176 g/mol. The number of nitrogens with two attached hydrogens (primary N) is 1. The normalized spacial score (nSPS) is 27.4. The summed E-state index contributed by atoms with van der Waals surface area (Å²) in [6, 6.07) is 0. The van der Waals surface area contributed by atoms with Crippen LogP contribution in [0.3, 0.4) is 0 Å². The van der Waals surface area contributed by atoms with Crippen LogP contribution in [-0.2, 0) is 0 Å². The highest BCUT2D eigenvalue weighted by Crippen LogP contribution is 2.19. The van der Waals surface area contributed by atoms with Gasteiger partial charge in [0.2, 0.25) is 0 Å². The van der Waals surface area contributed by atoms with Gasteiger partial charge in [0, 0.05) is 19.6 Å². The first-order valence-electron chi connectivity index (χ1n) is 5.63. The fraction of sp³-hybridized carbons (Fsp3) is 0.900. The maximum atomic E-state index is 5.59. The third-order valence-electron chi connectivity index (χ3n) is 3.05. The van der Waals surface area contributed by atoms with Crippen molar-refractivity contribution in [3.05, 3.63) is 0 Å². The molecule has 2 aliphatic rings. The number of piperidine rings is 1. The largest absolute Gasteiger partial charge is 0.354 e. The van der Waals surface area contributed by atoms with Crippen LogP contribution in [0, 0.1) is 5.92 Å². The van der Waals surface area contributed by atoms with Crippen molar-refractivity contribution >= 4 is 5.96 Å². The molecule has 0 aromatic heterocycles. The summed E-state index contributed by atoms with van der Waals surface area (Å²) < 4.78 is 0. The van der Waals surface area contributed by atoms with Crippen LogP contribution >= 0.6 is 0 Å². The molecule has 0 spiro atoms. The molecule has 2 aliphatic heterocycles. The summed E-state index contributed by atoms with van der Waals surface area (Å²) >= 11 is 0. The molecule has 3 N–H and O–H groups in total. The lowest BCUT2D eigenvalue weighted by molar-refractivity contribution is 0.246. The molecule has 0 radical (unpaired) electrons. The number of rotatable bonds is 2. The second kappa shape index (κ2) is 4.64. The third kappa shape index (κ3) is 2.18. The van der Waals surface area contributed by atoms with Gasteiger partial charge in [-0.3, -0.25) is 4.99 Å². The highest BCUT2D eigenvalue weighted by molar-refractivity contribution is 5.81. The van der Waals surface area contributed by atoms with E-state index in [1.165, 1.54) is 12.8 Å². The van der Waals surface area contributed by atoms with Gasteiger partial charge < -0.3 is 16.0 Å². The third-order valence-corrected chi connectivity index (χ3v) is 3.05. The SMILES string of the molecule is NCCC1CCCN(C2=NCCN2)C1. The van der Waals surface area contributed by atoms with E-state index in [1.54, 1.807) is 0 Å². The van der Waals surface area contributed by atoms with Crippen molar-refractivity contribution in [1.29, 1.82) is 0 Å². The van der Waals surface area contributed by atoms with E-state index in [1.807, 2.05) is 0 Å². The summed E-state index contributed by atoms with van der Waals surface area (Å²) in [5.74, 6) is 1.89. The highest BCUT2D eigenvalue weighted by Gasteiger charge is 2.22. The van der Waals surface area contributed by atoms with Gasteiger partial charge in [-0.05, 0) is 31.7 Å². The second-order valence-electron chi connectivity index (χ2n) is 4.16. The lowest BCUT2D eigenvalue weighted by Crippen LogP contribution is -2.45. The van der Waals surface area contributed by atoms with Crippen molar-refractivity contribution < 1.29 is 0 Å². The van der Waals surface area contributed by atoms with E-state index in [4.69, 9.17) is 5.73 Å². The van der Waals surface area contributed by atoms with Crippen LogP contribution in [0.25, 0.3) is 0 Å². The van der Waals surface area contributed by atoms with Crippen LogP contribution in [0.4, 0.5) is 0 Å². The van der Waals surface area contributed by atoms with Gasteiger partial charge in [0.1, 0.15) is 0 Å². The second-order valence-corrected chi connectivity index (χ2v) is 4.16. The number of nitrogens with zero attached hydrogens (tertiary/aromatic N) is 2. The van der Waals surface area contributed by atoms with Crippen LogP contribution in [0.15, 0.2) is 4.99 Å². The Morgan fingerprint density at radius 3 is 3.21 bits per heavy atom. The standard InChI is InChI=1S/C10H20N4/c11-4-3-9-2-1-7-14(8-9)10-12-5-6-13-10/h9H,1-8,11H2,(H,12,13). The van der Waals surface area contributed by atoms with Crippen molar-refractivity contribution in [3.8, 4) is 0 Å². The summed E-state index contributed by atoms with van der Waals surface area (Å²) in [6.45, 7) is 5.06. The predicted molar refractivity (Wildman–Crippen MR) is 58.3 cm³/mol. The van der Waals surface area contributed by atoms with E-state index in [2.05, 4.69) is 15.2 Å². The van der Waals surface area contributed by atoms with Crippen molar-refractivity contribution in [2.45, 2.75) is 19.3 Å². The lowest BCUT2D eigenvalue weighted by Gasteiger charge is -2.33. The van der Waals surface area contributed by atoms with Crippen molar-refractivity contribution in [2.75, 3.05) is 32.7 Å². The van der Waals surface area contributed by atoms with E-state index < -0.39 is 0 Å². The minimum absolute atomic E-state index is 0.777. The fourth-order valence-corrected chi connectivity index (χ4v) is 2.33. The first-order chi connectivity index (χ1) is 6.90. The van der Waals surface area contributed by atoms with Gasteiger partial charge in [-0.15, -0.1) is 0 Å². The zero-order chi connectivity index (χ0) is 9.80. The zero-order valence-electron chi connectivity index (χ0n) is 8.71. The Balaban J connectivity index is 1.86. The molecule has 1 saturated heterocycles. The van der Waals surface area contributed by atoms with Gasteiger partial charge in [0.25, 0.3) is 0 Å². The Morgan fingerprint density at radius 2 is 2.50 bits per heavy atom. The van der Waals surface area contributed by atoms with Gasteiger partial charge in [-0.25, -0.2) is 0 Å². The summed E-state index contributed by atoms with van der Waals surface area (Å²) in [5.41, 5.74) is 5.59. The number of guanidine groups is 1. The zero-order valence-corrected chi connectivity index (χ0v) is 8.71. The Labute approximate surface area is 85.6 Å². The van der Waals surface area contributed by atoms with Crippen molar-refractivity contribution in [3.63, 3.8) is 0 Å². The fourth-order valence-electron chi connectivity index (χ4n) is 2.33. The molecule has 0 aliphatic carbocycles. The molecule has 0 bridgehead atoms. The van der Waals surface area contributed by atoms with Crippen LogP contribution in [0.5, 0.6) is 0 Å². The first-order valence-corrected chi connectivity index (χ1v) is 5.63. The van der Waals surface area contributed by atoms with Gasteiger partial charge in [-0.1, -0.05) is 0 Å². The smallest absolute Gasteiger partial charge is 0.194 e. The van der Waals surface area contributed by atoms with Gasteiger partial charge in [0.05, 0.1) is 6.54 Å². The monoisotopic (exact) mass is 196 g/mol. The quantitative estimate of drug-likeness (QED) is 0.654. The van der Waals surface area contributed by atoms with E-state index in [9.17, 15) is 0 Å². The molecule has 80 valence electrons. The Hall–Kier alpha value is -0.770. The predicted octanol–water partition coefficient (Wildman–Crippen LogP) is 0.00640. The highest BCUT2D eigenvalue weighted by atomic mass is 15.3. The van der Waals surface area contributed by atoms with E-state index in [0.717, 1.165) is 51.0 Å². The molecule has 1 fully saturated rings. The molecule has 1 unspecified atom stereocenters. The maximum Gasteiger partial charge on any atom is 0.194 e. The van der Waals surface area contributed by atoms with Gasteiger partial charge >= 0.3 is 0 Å². The van der Waals surface area contributed by atoms with Crippen LogP contribution < -0.4 is 11.1 Å². The molecule has 0 amide bonds. The van der Waals surface area contributed by atoms with Gasteiger partial charge in [-0.2, -0.15) is 0 Å². The summed E-state index contributed by atoms with van der Waals surface area (Å²) in [5, 5.41) is 3.33. The van der Waals surface area contributed by atoms with Gasteiger partial charge in [0.15, 0.2) is 5.96 Å². The Kier molecular flexibility index (Phi) is 3.24. The molecule has 2 heterocycles.